The average molecular weight is 320 g/mol. The molecule has 0 aliphatic carbocycles. The van der Waals surface area contributed by atoms with Crippen molar-refractivity contribution in [1.29, 1.82) is 0 Å². The molecule has 3 aromatic rings. The zero-order valence-electron chi connectivity index (χ0n) is 14.4. The first kappa shape index (κ1) is 16.5. The quantitative estimate of drug-likeness (QED) is 0.698. The van der Waals surface area contributed by atoms with Crippen molar-refractivity contribution in [3.8, 4) is 0 Å². The minimum absolute atomic E-state index is 0.451. The van der Waals surface area contributed by atoms with Crippen LogP contribution in [0.2, 0.25) is 0 Å². The van der Waals surface area contributed by atoms with Gasteiger partial charge >= 0.3 is 0 Å². The summed E-state index contributed by atoms with van der Waals surface area (Å²) in [5.74, 6) is 0.936. The van der Waals surface area contributed by atoms with E-state index in [-0.39, 0.29) is 0 Å². The number of aryl methyl sites for hydroxylation is 2. The number of aliphatic hydroxyl groups is 1. The molecule has 1 unspecified atom stereocenters. The van der Waals surface area contributed by atoms with Crippen molar-refractivity contribution in [2.45, 2.75) is 39.3 Å². The molecule has 1 aromatic heterocycles. The van der Waals surface area contributed by atoms with E-state index in [1.165, 1.54) is 16.7 Å². The molecule has 24 heavy (non-hydrogen) atoms. The van der Waals surface area contributed by atoms with Crippen LogP contribution in [0.25, 0.3) is 11.0 Å². The second-order valence-corrected chi connectivity index (χ2v) is 6.38. The van der Waals surface area contributed by atoms with E-state index in [1.54, 1.807) is 0 Å². The van der Waals surface area contributed by atoms with Gasteiger partial charge in [-0.3, -0.25) is 0 Å². The highest BCUT2D eigenvalue weighted by Crippen LogP contribution is 2.19. The molecule has 3 rings (SSSR count). The SMILES string of the molecule is C=CCc1cc(C)ccc1CC(O)Cn1c(C)nc2ccccc21. The topological polar surface area (TPSA) is 38.0 Å². The molecule has 0 spiro atoms. The zero-order valence-corrected chi connectivity index (χ0v) is 14.4. The number of rotatable bonds is 6. The van der Waals surface area contributed by atoms with Crippen LogP contribution >= 0.6 is 0 Å². The third-order valence-electron chi connectivity index (χ3n) is 4.42. The molecular formula is C21H24N2O. The smallest absolute Gasteiger partial charge is 0.106 e. The van der Waals surface area contributed by atoms with Gasteiger partial charge in [-0.2, -0.15) is 0 Å². The summed E-state index contributed by atoms with van der Waals surface area (Å²) in [6.07, 6.45) is 2.93. The molecule has 0 aliphatic heterocycles. The van der Waals surface area contributed by atoms with Crippen molar-refractivity contribution >= 4 is 11.0 Å². The monoisotopic (exact) mass is 320 g/mol. The zero-order chi connectivity index (χ0) is 17.1. The first-order valence-corrected chi connectivity index (χ1v) is 8.37. The van der Waals surface area contributed by atoms with E-state index in [0.717, 1.165) is 23.3 Å². The van der Waals surface area contributed by atoms with Gasteiger partial charge in [-0.1, -0.05) is 42.0 Å². The van der Waals surface area contributed by atoms with Crippen molar-refractivity contribution in [2.24, 2.45) is 0 Å². The van der Waals surface area contributed by atoms with Gasteiger partial charge in [0, 0.05) is 6.42 Å². The van der Waals surface area contributed by atoms with Gasteiger partial charge < -0.3 is 9.67 Å². The highest BCUT2D eigenvalue weighted by Gasteiger charge is 2.13. The number of aliphatic hydroxyl groups excluding tert-OH is 1. The molecule has 0 saturated heterocycles. The molecule has 1 heterocycles. The van der Waals surface area contributed by atoms with E-state index in [0.29, 0.717) is 13.0 Å². The van der Waals surface area contributed by atoms with Gasteiger partial charge in [0.2, 0.25) is 0 Å². The molecule has 124 valence electrons. The molecule has 0 radical (unpaired) electrons. The summed E-state index contributed by atoms with van der Waals surface area (Å²) in [4.78, 5) is 4.57. The van der Waals surface area contributed by atoms with Gasteiger partial charge in [0.1, 0.15) is 5.82 Å². The lowest BCUT2D eigenvalue weighted by Gasteiger charge is -2.16. The number of fused-ring (bicyclic) bond motifs is 1. The summed E-state index contributed by atoms with van der Waals surface area (Å²) in [5.41, 5.74) is 5.72. The Bertz CT molecular complexity index is 863. The highest BCUT2D eigenvalue weighted by molar-refractivity contribution is 5.75. The molecule has 0 aliphatic rings. The number of hydrogen-bond donors (Lipinski definition) is 1. The Labute approximate surface area is 143 Å². The predicted molar refractivity (Wildman–Crippen MR) is 99.3 cm³/mol. The molecule has 3 heteroatoms. The van der Waals surface area contributed by atoms with Crippen LogP contribution in [-0.2, 0) is 19.4 Å². The Hall–Kier alpha value is -2.39. The standard InChI is InChI=1S/C21H24N2O/c1-4-7-17-12-15(2)10-11-18(17)13-19(24)14-23-16(3)22-20-8-5-6-9-21(20)23/h4-6,8-12,19,24H,1,7,13-14H2,2-3H3. The van der Waals surface area contributed by atoms with Crippen LogP contribution in [0.5, 0.6) is 0 Å². The number of nitrogens with zero attached hydrogens (tertiary/aromatic N) is 2. The van der Waals surface area contributed by atoms with E-state index in [9.17, 15) is 5.11 Å². The largest absolute Gasteiger partial charge is 0.391 e. The van der Waals surface area contributed by atoms with Gasteiger partial charge in [-0.25, -0.2) is 4.98 Å². The number of aromatic nitrogens is 2. The summed E-state index contributed by atoms with van der Waals surface area (Å²) in [6, 6.07) is 14.5. The number of hydrogen-bond acceptors (Lipinski definition) is 2. The fourth-order valence-corrected chi connectivity index (χ4v) is 3.25. The minimum Gasteiger partial charge on any atom is -0.391 e. The van der Waals surface area contributed by atoms with Gasteiger partial charge in [-0.05, 0) is 43.5 Å². The van der Waals surface area contributed by atoms with Gasteiger partial charge in [0.25, 0.3) is 0 Å². The van der Waals surface area contributed by atoms with Crippen LogP contribution < -0.4 is 0 Å². The van der Waals surface area contributed by atoms with Crippen LogP contribution in [0.1, 0.15) is 22.5 Å². The number of para-hydroxylation sites is 2. The molecule has 1 atom stereocenters. The number of benzene rings is 2. The lowest BCUT2D eigenvalue weighted by molar-refractivity contribution is 0.154. The van der Waals surface area contributed by atoms with Crippen LogP contribution in [0.3, 0.4) is 0 Å². The fraction of sp³-hybridized carbons (Fsp3) is 0.286. The maximum absolute atomic E-state index is 10.6. The summed E-state index contributed by atoms with van der Waals surface area (Å²) in [7, 11) is 0. The van der Waals surface area contributed by atoms with Crippen molar-refractivity contribution in [2.75, 3.05) is 0 Å². The Balaban J connectivity index is 1.82. The lowest BCUT2D eigenvalue weighted by Crippen LogP contribution is -2.20. The third kappa shape index (κ3) is 3.41. The van der Waals surface area contributed by atoms with Gasteiger partial charge in [0.05, 0.1) is 23.7 Å². The van der Waals surface area contributed by atoms with Crippen molar-refractivity contribution in [3.05, 3.63) is 77.6 Å². The van der Waals surface area contributed by atoms with Crippen molar-refractivity contribution in [1.82, 2.24) is 9.55 Å². The highest BCUT2D eigenvalue weighted by atomic mass is 16.3. The van der Waals surface area contributed by atoms with Crippen LogP contribution in [0.4, 0.5) is 0 Å². The van der Waals surface area contributed by atoms with E-state index >= 15 is 0 Å². The Morgan fingerprint density at radius 3 is 2.75 bits per heavy atom. The molecule has 0 fully saturated rings. The van der Waals surface area contributed by atoms with Crippen LogP contribution in [-0.4, -0.2) is 20.8 Å². The maximum atomic E-state index is 10.6. The molecule has 1 N–H and O–H groups in total. The van der Waals surface area contributed by atoms with Crippen molar-refractivity contribution < 1.29 is 5.11 Å². The molecule has 0 saturated carbocycles. The second kappa shape index (κ2) is 7.02. The Kier molecular flexibility index (Phi) is 4.81. The van der Waals surface area contributed by atoms with E-state index in [4.69, 9.17) is 0 Å². The molecular weight excluding hydrogens is 296 g/mol. The summed E-state index contributed by atoms with van der Waals surface area (Å²) >= 11 is 0. The number of imidazole rings is 1. The Morgan fingerprint density at radius 2 is 1.96 bits per heavy atom. The first-order valence-electron chi connectivity index (χ1n) is 8.37. The van der Waals surface area contributed by atoms with Gasteiger partial charge in [-0.15, -0.1) is 6.58 Å². The van der Waals surface area contributed by atoms with Gasteiger partial charge in [0.15, 0.2) is 0 Å². The summed E-state index contributed by atoms with van der Waals surface area (Å²) in [5, 5.41) is 10.6. The Morgan fingerprint density at radius 1 is 1.17 bits per heavy atom. The second-order valence-electron chi connectivity index (χ2n) is 6.38. The first-order chi connectivity index (χ1) is 11.6. The molecule has 3 nitrogen and oxygen atoms in total. The average Bonchev–Trinajstić information content (AvgIpc) is 2.86. The molecule has 0 amide bonds. The third-order valence-corrected chi connectivity index (χ3v) is 4.42. The molecule has 2 aromatic carbocycles. The fourth-order valence-electron chi connectivity index (χ4n) is 3.25. The summed E-state index contributed by atoms with van der Waals surface area (Å²) < 4.78 is 2.10. The number of allylic oxidation sites excluding steroid dienone is 1. The minimum atomic E-state index is -0.451. The van der Waals surface area contributed by atoms with E-state index in [1.807, 2.05) is 31.2 Å². The maximum Gasteiger partial charge on any atom is 0.106 e. The van der Waals surface area contributed by atoms with Crippen LogP contribution in [0.15, 0.2) is 55.1 Å². The molecule has 0 bridgehead atoms. The van der Waals surface area contributed by atoms with E-state index < -0.39 is 6.10 Å². The van der Waals surface area contributed by atoms with Crippen molar-refractivity contribution in [3.63, 3.8) is 0 Å². The summed E-state index contributed by atoms with van der Waals surface area (Å²) in [6.45, 7) is 8.47. The normalized spacial score (nSPS) is 12.5. The van der Waals surface area contributed by atoms with Crippen LogP contribution in [0, 0.1) is 13.8 Å². The predicted octanol–water partition coefficient (Wildman–Crippen LogP) is 3.99. The van der Waals surface area contributed by atoms with E-state index in [2.05, 4.69) is 47.3 Å². The lowest BCUT2D eigenvalue weighted by atomic mass is 9.97.